The fourth-order valence-corrected chi connectivity index (χ4v) is 2.61. The van der Waals surface area contributed by atoms with E-state index in [1.54, 1.807) is 52.0 Å². The number of carbonyl (C=O) groups is 2. The summed E-state index contributed by atoms with van der Waals surface area (Å²) in [5, 5.41) is 3.96. The van der Waals surface area contributed by atoms with Crippen molar-refractivity contribution in [3.8, 4) is 11.1 Å². The summed E-state index contributed by atoms with van der Waals surface area (Å²) in [5.41, 5.74) is 7.68. The maximum Gasteiger partial charge on any atom is 0.338 e. The fraction of sp³-hybridized carbons (Fsp3) is 0.421. The molecule has 0 bridgehead atoms. The predicted octanol–water partition coefficient (Wildman–Crippen LogP) is 3.17. The van der Waals surface area contributed by atoms with E-state index < -0.39 is 23.6 Å². The lowest BCUT2D eigenvalue weighted by molar-refractivity contribution is -0.155. The number of carbonyl (C=O) groups excluding carboxylic acids is 2. The molecule has 0 unspecified atom stereocenters. The molecule has 2 N–H and O–H groups in total. The molecule has 26 heavy (non-hydrogen) atoms. The van der Waals surface area contributed by atoms with Gasteiger partial charge in [0.05, 0.1) is 36.4 Å². The molecule has 0 aliphatic carbocycles. The molecule has 0 spiro atoms. The number of rotatable bonds is 5. The highest BCUT2D eigenvalue weighted by molar-refractivity contribution is 5.97. The number of hydrogen-bond donors (Lipinski definition) is 1. The van der Waals surface area contributed by atoms with Crippen molar-refractivity contribution in [3.05, 3.63) is 41.3 Å². The van der Waals surface area contributed by atoms with Gasteiger partial charge in [-0.3, -0.25) is 4.79 Å². The van der Waals surface area contributed by atoms with Crippen LogP contribution in [0.4, 0.5) is 0 Å². The number of benzene rings is 1. The smallest absolute Gasteiger partial charge is 0.338 e. The Labute approximate surface area is 152 Å². The number of ether oxygens (including phenoxy) is 2. The van der Waals surface area contributed by atoms with Crippen LogP contribution in [0.3, 0.4) is 0 Å². The molecule has 7 heteroatoms. The molecule has 1 aromatic heterocycles. The zero-order valence-corrected chi connectivity index (χ0v) is 15.7. The van der Waals surface area contributed by atoms with Crippen LogP contribution in [0.1, 0.15) is 55.0 Å². The summed E-state index contributed by atoms with van der Waals surface area (Å²) in [7, 11) is 1.31. The van der Waals surface area contributed by atoms with E-state index in [0.29, 0.717) is 28.1 Å². The normalized spacial score (nSPS) is 12.5. The molecule has 140 valence electrons. The van der Waals surface area contributed by atoms with E-state index in [4.69, 9.17) is 19.7 Å². The first kappa shape index (κ1) is 19.7. The molecule has 0 amide bonds. The molecule has 2 rings (SSSR count). The van der Waals surface area contributed by atoms with Crippen LogP contribution in [-0.2, 0) is 14.3 Å². The van der Waals surface area contributed by atoms with Crippen LogP contribution in [0.15, 0.2) is 28.8 Å². The summed E-state index contributed by atoms with van der Waals surface area (Å²) < 4.78 is 15.5. The second-order valence-corrected chi connectivity index (χ2v) is 6.94. The van der Waals surface area contributed by atoms with Crippen molar-refractivity contribution in [2.45, 2.75) is 45.8 Å². The van der Waals surface area contributed by atoms with Crippen molar-refractivity contribution < 1.29 is 23.6 Å². The topological polar surface area (TPSA) is 105 Å². The van der Waals surface area contributed by atoms with Crippen LogP contribution in [0.2, 0.25) is 0 Å². The number of methoxy groups -OCH3 is 1. The van der Waals surface area contributed by atoms with Gasteiger partial charge in [0.15, 0.2) is 5.76 Å². The van der Waals surface area contributed by atoms with Crippen molar-refractivity contribution in [3.63, 3.8) is 0 Å². The van der Waals surface area contributed by atoms with Gasteiger partial charge in [0.25, 0.3) is 0 Å². The van der Waals surface area contributed by atoms with Crippen LogP contribution in [0, 0.1) is 6.92 Å². The molecule has 0 aliphatic heterocycles. The zero-order chi connectivity index (χ0) is 19.5. The molecule has 1 aromatic carbocycles. The monoisotopic (exact) mass is 360 g/mol. The minimum atomic E-state index is -0.758. The summed E-state index contributed by atoms with van der Waals surface area (Å²) in [5.74, 6) is -0.594. The highest BCUT2D eigenvalue weighted by atomic mass is 16.6. The van der Waals surface area contributed by atoms with Gasteiger partial charge in [-0.05, 0) is 33.8 Å². The fourth-order valence-electron chi connectivity index (χ4n) is 2.61. The number of esters is 2. The second-order valence-electron chi connectivity index (χ2n) is 6.94. The highest BCUT2D eigenvalue weighted by Crippen LogP contribution is 2.34. The van der Waals surface area contributed by atoms with Crippen molar-refractivity contribution in [2.75, 3.05) is 7.11 Å². The lowest BCUT2D eigenvalue weighted by Crippen LogP contribution is -2.26. The lowest BCUT2D eigenvalue weighted by Gasteiger charge is -2.20. The minimum absolute atomic E-state index is 0.0701. The Balaban J connectivity index is 2.38. The number of nitrogens with zero attached hydrogens (tertiary/aromatic N) is 1. The first-order chi connectivity index (χ1) is 12.1. The van der Waals surface area contributed by atoms with Gasteiger partial charge in [-0.25, -0.2) is 4.79 Å². The SMILES string of the molecule is COC(=O)c1ccccc1-c1c(C)noc1[C@@H](N)CC(=O)OC(C)(C)C. The summed E-state index contributed by atoms with van der Waals surface area (Å²) >= 11 is 0. The van der Waals surface area contributed by atoms with E-state index in [2.05, 4.69) is 5.16 Å². The Hall–Kier alpha value is -2.67. The number of nitrogens with two attached hydrogens (primary N) is 1. The van der Waals surface area contributed by atoms with Gasteiger partial charge < -0.3 is 19.7 Å². The van der Waals surface area contributed by atoms with Gasteiger partial charge in [0, 0.05) is 5.56 Å². The molecule has 2 aromatic rings. The van der Waals surface area contributed by atoms with E-state index in [1.807, 2.05) is 0 Å². The Morgan fingerprint density at radius 3 is 2.54 bits per heavy atom. The standard InChI is InChI=1S/C19H24N2O5/c1-11-16(12-8-6-7-9-13(12)18(23)24-5)17(26-21-11)14(20)10-15(22)25-19(2,3)4/h6-9,14H,10,20H2,1-5H3/t14-/m0/s1. The summed E-state index contributed by atoms with van der Waals surface area (Å²) in [6, 6.07) is 6.18. The van der Waals surface area contributed by atoms with Gasteiger partial charge in [-0.15, -0.1) is 0 Å². The van der Waals surface area contributed by atoms with E-state index in [0.717, 1.165) is 0 Å². The summed E-state index contributed by atoms with van der Waals surface area (Å²) in [4.78, 5) is 24.2. The van der Waals surface area contributed by atoms with Crippen molar-refractivity contribution in [1.29, 1.82) is 0 Å². The zero-order valence-electron chi connectivity index (χ0n) is 15.7. The van der Waals surface area contributed by atoms with E-state index in [1.165, 1.54) is 7.11 Å². The lowest BCUT2D eigenvalue weighted by atomic mass is 9.95. The molecular weight excluding hydrogens is 336 g/mol. The van der Waals surface area contributed by atoms with Crippen LogP contribution in [0.5, 0.6) is 0 Å². The Morgan fingerprint density at radius 2 is 1.92 bits per heavy atom. The molecule has 1 heterocycles. The van der Waals surface area contributed by atoms with Crippen molar-refractivity contribution >= 4 is 11.9 Å². The predicted molar refractivity (Wildman–Crippen MR) is 95.4 cm³/mol. The largest absolute Gasteiger partial charge is 0.465 e. The highest BCUT2D eigenvalue weighted by Gasteiger charge is 2.27. The van der Waals surface area contributed by atoms with Gasteiger partial charge in [-0.2, -0.15) is 0 Å². The third kappa shape index (κ3) is 4.49. The first-order valence-corrected chi connectivity index (χ1v) is 8.25. The van der Waals surface area contributed by atoms with E-state index >= 15 is 0 Å². The molecule has 0 saturated heterocycles. The Morgan fingerprint density at radius 1 is 1.27 bits per heavy atom. The third-order valence-electron chi connectivity index (χ3n) is 3.63. The second kappa shape index (κ2) is 7.70. The minimum Gasteiger partial charge on any atom is -0.465 e. The molecule has 0 radical (unpaired) electrons. The number of aromatic nitrogens is 1. The first-order valence-electron chi connectivity index (χ1n) is 8.25. The average molecular weight is 360 g/mol. The summed E-state index contributed by atoms with van der Waals surface area (Å²) in [6.45, 7) is 7.10. The van der Waals surface area contributed by atoms with Crippen molar-refractivity contribution in [2.24, 2.45) is 5.73 Å². The van der Waals surface area contributed by atoms with Gasteiger partial charge in [0.2, 0.25) is 0 Å². The quantitative estimate of drug-likeness (QED) is 0.816. The van der Waals surface area contributed by atoms with Crippen LogP contribution >= 0.6 is 0 Å². The van der Waals surface area contributed by atoms with Gasteiger partial charge >= 0.3 is 11.9 Å². The van der Waals surface area contributed by atoms with Crippen LogP contribution in [0.25, 0.3) is 11.1 Å². The maximum absolute atomic E-state index is 12.1. The molecule has 0 fully saturated rings. The Kier molecular flexibility index (Phi) is 5.82. The maximum atomic E-state index is 12.1. The van der Waals surface area contributed by atoms with Gasteiger partial charge in [-0.1, -0.05) is 23.4 Å². The average Bonchev–Trinajstić information content (AvgIpc) is 2.93. The molecular formula is C19H24N2O5. The molecule has 0 aliphatic rings. The van der Waals surface area contributed by atoms with Gasteiger partial charge in [0.1, 0.15) is 5.60 Å². The Bertz CT molecular complexity index is 805. The molecule has 7 nitrogen and oxygen atoms in total. The van der Waals surface area contributed by atoms with Crippen LogP contribution < -0.4 is 5.73 Å². The molecule has 0 saturated carbocycles. The van der Waals surface area contributed by atoms with E-state index in [-0.39, 0.29) is 6.42 Å². The summed E-state index contributed by atoms with van der Waals surface area (Å²) in [6.07, 6.45) is -0.0701. The third-order valence-corrected chi connectivity index (χ3v) is 3.63. The number of hydrogen-bond acceptors (Lipinski definition) is 7. The number of aryl methyl sites for hydroxylation is 1. The van der Waals surface area contributed by atoms with Crippen molar-refractivity contribution in [1.82, 2.24) is 5.16 Å². The molecule has 1 atom stereocenters. The van der Waals surface area contributed by atoms with Crippen LogP contribution in [-0.4, -0.2) is 29.8 Å². The van der Waals surface area contributed by atoms with E-state index in [9.17, 15) is 9.59 Å².